The number of carbonyl (C=O) groups is 1. The molecule has 0 aliphatic heterocycles. The van der Waals surface area contributed by atoms with Crippen LogP contribution in [0.1, 0.15) is 49.3 Å². The van der Waals surface area contributed by atoms with Gasteiger partial charge in [0.25, 0.3) is 5.91 Å². The predicted octanol–water partition coefficient (Wildman–Crippen LogP) is 4.34. The average molecular weight is 475 g/mol. The zero-order valence-corrected chi connectivity index (χ0v) is 19.3. The molecule has 1 amide bonds. The molecule has 0 atom stereocenters. The van der Waals surface area contributed by atoms with Gasteiger partial charge in [-0.3, -0.25) is 4.79 Å². The van der Waals surface area contributed by atoms with E-state index >= 15 is 0 Å². The van der Waals surface area contributed by atoms with Crippen LogP contribution in [0.5, 0.6) is 0 Å². The number of nitrogens with one attached hydrogen (secondary N) is 1. The summed E-state index contributed by atoms with van der Waals surface area (Å²) in [7, 11) is 0. The van der Waals surface area contributed by atoms with E-state index in [4.69, 9.17) is 5.73 Å². The molecule has 174 valence electrons. The summed E-state index contributed by atoms with van der Waals surface area (Å²) in [5.41, 5.74) is 3.32. The minimum atomic E-state index is -1.42. The highest BCUT2D eigenvalue weighted by Crippen LogP contribution is 2.40. The lowest BCUT2D eigenvalue weighted by Gasteiger charge is -2.18. The Kier molecular flexibility index (Phi) is 6.64. The van der Waals surface area contributed by atoms with Gasteiger partial charge in [0.05, 0.1) is 28.0 Å². The summed E-state index contributed by atoms with van der Waals surface area (Å²) in [4.78, 5) is 12.1. The third-order valence-electron chi connectivity index (χ3n) is 4.58. The van der Waals surface area contributed by atoms with Gasteiger partial charge in [-0.2, -0.15) is 0 Å². The zero-order chi connectivity index (χ0) is 24.6. The smallest absolute Gasteiger partial charge is 0.251 e. The standard InChI is InChI=1S/C23H24F2N4O3S/c1-22(2,31)8-7-13-5-6-18(29-28-13)27-21-14(20(26)30)11-17(33-21)19-15(24)9-12(10-16(19)25)23(3,4)32/h5-11,31-32H,1-4H3,(H2,26,30)(H,27,29). The Hall–Kier alpha value is -3.21. The van der Waals surface area contributed by atoms with Crippen LogP contribution in [0.25, 0.3) is 16.5 Å². The Labute approximate surface area is 193 Å². The van der Waals surface area contributed by atoms with E-state index in [2.05, 4.69) is 15.5 Å². The van der Waals surface area contributed by atoms with Crippen molar-refractivity contribution in [1.82, 2.24) is 10.2 Å². The summed E-state index contributed by atoms with van der Waals surface area (Å²) >= 11 is 0.926. The number of benzene rings is 1. The quantitative estimate of drug-likeness (QED) is 0.404. The molecule has 1 aromatic carbocycles. The highest BCUT2D eigenvalue weighted by Gasteiger charge is 2.24. The normalized spacial score (nSPS) is 12.4. The van der Waals surface area contributed by atoms with Gasteiger partial charge >= 0.3 is 0 Å². The van der Waals surface area contributed by atoms with Crippen LogP contribution < -0.4 is 11.1 Å². The maximum atomic E-state index is 14.8. The number of anilines is 2. The SMILES string of the molecule is CC(C)(O)C=Cc1ccc(Nc2sc(-c3c(F)cc(C(C)(C)O)cc3F)cc2C(N)=O)nn1. The number of amides is 1. The Bertz CT molecular complexity index is 1190. The third-order valence-corrected chi connectivity index (χ3v) is 5.65. The second kappa shape index (κ2) is 8.97. The number of primary amides is 1. The van der Waals surface area contributed by atoms with Crippen LogP contribution in [0.4, 0.5) is 19.6 Å². The first-order valence-corrected chi connectivity index (χ1v) is 10.7. The van der Waals surface area contributed by atoms with Gasteiger partial charge in [0, 0.05) is 4.88 Å². The number of aliphatic hydroxyl groups is 2. The van der Waals surface area contributed by atoms with Gasteiger partial charge in [-0.05, 0) is 69.7 Å². The molecule has 3 rings (SSSR count). The Morgan fingerprint density at radius 1 is 1.09 bits per heavy atom. The van der Waals surface area contributed by atoms with E-state index in [-0.39, 0.29) is 32.4 Å². The number of thiophene rings is 1. The Morgan fingerprint density at radius 2 is 1.73 bits per heavy atom. The van der Waals surface area contributed by atoms with Crippen molar-refractivity contribution in [3.8, 4) is 10.4 Å². The molecule has 0 bridgehead atoms. The number of hydrogen-bond donors (Lipinski definition) is 4. The molecule has 3 aromatic rings. The highest BCUT2D eigenvalue weighted by molar-refractivity contribution is 7.20. The van der Waals surface area contributed by atoms with Crippen LogP contribution in [0, 0.1) is 11.6 Å². The van der Waals surface area contributed by atoms with Gasteiger partial charge in [0.1, 0.15) is 16.6 Å². The second-order valence-electron chi connectivity index (χ2n) is 8.55. The van der Waals surface area contributed by atoms with E-state index in [1.165, 1.54) is 19.9 Å². The molecule has 0 radical (unpaired) electrons. The monoisotopic (exact) mass is 474 g/mol. The molecule has 33 heavy (non-hydrogen) atoms. The molecule has 2 heterocycles. The average Bonchev–Trinajstić information content (AvgIpc) is 3.09. The summed E-state index contributed by atoms with van der Waals surface area (Å²) in [5.74, 6) is -2.26. The van der Waals surface area contributed by atoms with Crippen molar-refractivity contribution in [2.75, 3.05) is 5.32 Å². The Morgan fingerprint density at radius 3 is 2.21 bits per heavy atom. The van der Waals surface area contributed by atoms with Crippen LogP contribution in [0.3, 0.4) is 0 Å². The van der Waals surface area contributed by atoms with Crippen molar-refractivity contribution in [3.63, 3.8) is 0 Å². The maximum absolute atomic E-state index is 14.8. The minimum absolute atomic E-state index is 0.0353. The predicted molar refractivity (Wildman–Crippen MR) is 124 cm³/mol. The van der Waals surface area contributed by atoms with Gasteiger partial charge in [0.15, 0.2) is 5.82 Å². The van der Waals surface area contributed by atoms with Gasteiger partial charge in [-0.1, -0.05) is 6.08 Å². The number of carbonyl (C=O) groups excluding carboxylic acids is 1. The summed E-state index contributed by atoms with van der Waals surface area (Å²) in [6, 6.07) is 6.65. The number of aromatic nitrogens is 2. The molecule has 2 aromatic heterocycles. The van der Waals surface area contributed by atoms with Crippen molar-refractivity contribution >= 4 is 34.1 Å². The fourth-order valence-electron chi connectivity index (χ4n) is 2.86. The largest absolute Gasteiger partial charge is 0.386 e. The van der Waals surface area contributed by atoms with E-state index in [0.29, 0.717) is 5.69 Å². The first-order valence-electron chi connectivity index (χ1n) is 9.93. The van der Waals surface area contributed by atoms with Gasteiger partial charge in [-0.15, -0.1) is 21.5 Å². The third kappa shape index (κ3) is 5.98. The van der Waals surface area contributed by atoms with Crippen LogP contribution in [-0.2, 0) is 5.60 Å². The lowest BCUT2D eigenvalue weighted by Crippen LogP contribution is -2.16. The first kappa shape index (κ1) is 24.4. The van der Waals surface area contributed by atoms with Gasteiger partial charge < -0.3 is 21.3 Å². The zero-order valence-electron chi connectivity index (χ0n) is 18.5. The van der Waals surface area contributed by atoms with Crippen molar-refractivity contribution in [2.45, 2.75) is 38.9 Å². The molecule has 0 spiro atoms. The molecule has 0 aliphatic carbocycles. The van der Waals surface area contributed by atoms with Crippen molar-refractivity contribution in [3.05, 3.63) is 64.9 Å². The van der Waals surface area contributed by atoms with Crippen molar-refractivity contribution in [1.29, 1.82) is 0 Å². The second-order valence-corrected chi connectivity index (χ2v) is 9.60. The number of nitrogens with two attached hydrogens (primary N) is 1. The summed E-state index contributed by atoms with van der Waals surface area (Å²) in [6.07, 6.45) is 3.17. The van der Waals surface area contributed by atoms with Crippen LogP contribution >= 0.6 is 11.3 Å². The number of halogens is 2. The topological polar surface area (TPSA) is 121 Å². The van der Waals surface area contributed by atoms with Crippen LogP contribution in [-0.4, -0.2) is 31.9 Å². The van der Waals surface area contributed by atoms with E-state index in [0.717, 1.165) is 23.5 Å². The van der Waals surface area contributed by atoms with Crippen LogP contribution in [0.2, 0.25) is 0 Å². The molecule has 0 unspecified atom stereocenters. The Balaban J connectivity index is 1.94. The molecule has 0 saturated carbocycles. The molecule has 0 aliphatic rings. The van der Waals surface area contributed by atoms with E-state index < -0.39 is 28.7 Å². The maximum Gasteiger partial charge on any atom is 0.251 e. The fourth-order valence-corrected chi connectivity index (χ4v) is 3.97. The number of hydrogen-bond acceptors (Lipinski definition) is 7. The van der Waals surface area contributed by atoms with E-state index in [9.17, 15) is 23.8 Å². The number of nitrogens with zero attached hydrogens (tertiary/aromatic N) is 2. The van der Waals surface area contributed by atoms with E-state index in [1.54, 1.807) is 38.1 Å². The fraction of sp³-hybridized carbons (Fsp3) is 0.261. The van der Waals surface area contributed by atoms with Gasteiger partial charge in [0.2, 0.25) is 0 Å². The molecular weight excluding hydrogens is 450 g/mol. The summed E-state index contributed by atoms with van der Waals surface area (Å²) in [6.45, 7) is 6.09. The summed E-state index contributed by atoms with van der Waals surface area (Å²) < 4.78 is 29.5. The van der Waals surface area contributed by atoms with Gasteiger partial charge in [-0.25, -0.2) is 8.78 Å². The molecular formula is C23H24F2N4O3S. The molecule has 5 N–H and O–H groups in total. The summed E-state index contributed by atoms with van der Waals surface area (Å²) in [5, 5.41) is 31.0. The molecule has 10 heteroatoms. The molecule has 7 nitrogen and oxygen atoms in total. The van der Waals surface area contributed by atoms with E-state index in [1.807, 2.05) is 0 Å². The first-order chi connectivity index (χ1) is 15.2. The van der Waals surface area contributed by atoms with Crippen LogP contribution in [0.15, 0.2) is 36.4 Å². The highest BCUT2D eigenvalue weighted by atomic mass is 32.1. The number of rotatable bonds is 7. The minimum Gasteiger partial charge on any atom is -0.386 e. The van der Waals surface area contributed by atoms with Crippen molar-refractivity contribution in [2.24, 2.45) is 5.73 Å². The molecule has 0 fully saturated rings. The van der Waals surface area contributed by atoms with Crippen molar-refractivity contribution < 1.29 is 23.8 Å². The lowest BCUT2D eigenvalue weighted by molar-refractivity contribution is 0.0778. The molecule has 0 saturated heterocycles. The lowest BCUT2D eigenvalue weighted by atomic mass is 9.96.